The summed E-state index contributed by atoms with van der Waals surface area (Å²) in [6, 6.07) is 7.13. The van der Waals surface area contributed by atoms with E-state index in [1.54, 1.807) is 18.2 Å². The number of rotatable bonds is 5. The van der Waals surface area contributed by atoms with E-state index in [2.05, 4.69) is 20.4 Å². The highest BCUT2D eigenvalue weighted by atomic mass is 35.5. The Bertz CT molecular complexity index is 1200. The molecule has 2 aliphatic heterocycles. The van der Waals surface area contributed by atoms with Crippen molar-refractivity contribution in [3.05, 3.63) is 64.7 Å². The molecule has 39 heavy (non-hydrogen) atoms. The summed E-state index contributed by atoms with van der Waals surface area (Å²) in [7, 11) is 0. The van der Waals surface area contributed by atoms with Gasteiger partial charge in [-0.2, -0.15) is 0 Å². The van der Waals surface area contributed by atoms with Crippen molar-refractivity contribution in [2.75, 3.05) is 13.2 Å². The second-order valence-electron chi connectivity index (χ2n) is 12.5. The molecule has 4 fully saturated rings. The Morgan fingerprint density at radius 2 is 1.90 bits per heavy atom. The van der Waals surface area contributed by atoms with Gasteiger partial charge in [0.2, 0.25) is 0 Å². The quantitative estimate of drug-likeness (QED) is 0.230. The fourth-order valence-corrected chi connectivity index (χ4v) is 7.56. The van der Waals surface area contributed by atoms with Gasteiger partial charge in [-0.25, -0.2) is 9.59 Å². The van der Waals surface area contributed by atoms with Gasteiger partial charge in [0.05, 0.1) is 18.3 Å². The summed E-state index contributed by atoms with van der Waals surface area (Å²) in [5, 5.41) is 0.624. The summed E-state index contributed by atoms with van der Waals surface area (Å²) < 4.78 is 23.5. The Hall–Kier alpha value is -2.41. The first-order valence-corrected chi connectivity index (χ1v) is 14.3. The summed E-state index contributed by atoms with van der Waals surface area (Å²) >= 11 is 5.92. The minimum atomic E-state index is -0.726. The van der Waals surface area contributed by atoms with Crippen LogP contribution in [0.15, 0.2) is 54.1 Å². The van der Waals surface area contributed by atoms with Gasteiger partial charge < -0.3 is 18.9 Å². The molecule has 2 heterocycles. The minimum Gasteiger partial charge on any atom is -0.458 e. The highest BCUT2D eigenvalue weighted by Crippen LogP contribution is 2.63. The molecule has 2 saturated heterocycles. The Balaban J connectivity index is 1.30. The lowest BCUT2D eigenvalue weighted by molar-refractivity contribution is -0.344. The number of halogens is 1. The lowest BCUT2D eigenvalue weighted by Gasteiger charge is -2.63. The number of hydrogen-bond donors (Lipinski definition) is 0. The van der Waals surface area contributed by atoms with Crippen LogP contribution in [0.3, 0.4) is 0 Å². The standard InChI is InChI=1S/C32H39ClO6/c1-20-6-14-26-31(4,17-16-27-32(26,5)19-37-30(2,3)39-27)24(20)13-12-23-25(18-36-29(23)35)38-28(34)15-9-21-7-10-22(33)11-8-21/h7-12,15,24-27H,1,6,13-14,16-19H2,2-5H3/b15-9+,23-12+/t24-,25-,26?,27-,31+,32+/m1/s1. The van der Waals surface area contributed by atoms with Gasteiger partial charge in [-0.1, -0.05) is 55.8 Å². The van der Waals surface area contributed by atoms with Crippen LogP contribution in [0.5, 0.6) is 0 Å². The summed E-state index contributed by atoms with van der Waals surface area (Å²) in [5.41, 5.74) is 2.38. The van der Waals surface area contributed by atoms with Crippen LogP contribution in [0.2, 0.25) is 5.02 Å². The fourth-order valence-electron chi connectivity index (χ4n) is 7.43. The average Bonchev–Trinajstić information content (AvgIpc) is 3.22. The topological polar surface area (TPSA) is 71.1 Å². The first-order chi connectivity index (χ1) is 18.4. The molecule has 6 atom stereocenters. The van der Waals surface area contributed by atoms with Crippen molar-refractivity contribution in [1.82, 2.24) is 0 Å². The SMILES string of the molecule is C=C1CCC2[C@]3(C)COC(C)(C)O[C@@H]3CC[C@@]2(C)[C@@H]1C/C=C1/C(=O)OC[C@H]1OC(=O)/C=C/c1ccc(Cl)cc1. The lowest BCUT2D eigenvalue weighted by Crippen LogP contribution is -2.62. The zero-order chi connectivity index (χ0) is 28.0. The predicted molar refractivity (Wildman–Crippen MR) is 150 cm³/mol. The van der Waals surface area contributed by atoms with Crippen molar-refractivity contribution in [3.63, 3.8) is 0 Å². The van der Waals surface area contributed by atoms with Crippen molar-refractivity contribution in [3.8, 4) is 0 Å². The van der Waals surface area contributed by atoms with Crippen LogP contribution in [-0.4, -0.2) is 43.1 Å². The fraction of sp³-hybridized carbons (Fsp3) is 0.562. The number of carbonyl (C=O) groups excluding carboxylic acids is 2. The number of benzene rings is 1. The van der Waals surface area contributed by atoms with E-state index in [9.17, 15) is 9.59 Å². The Morgan fingerprint density at radius 1 is 1.15 bits per heavy atom. The third kappa shape index (κ3) is 5.48. The first kappa shape index (κ1) is 28.1. The molecule has 2 saturated carbocycles. The molecular formula is C32H39ClO6. The predicted octanol–water partition coefficient (Wildman–Crippen LogP) is 6.68. The maximum atomic E-state index is 12.6. The van der Waals surface area contributed by atoms with E-state index >= 15 is 0 Å². The largest absolute Gasteiger partial charge is 0.458 e. The second kappa shape index (κ2) is 10.5. The molecule has 1 aromatic rings. The number of allylic oxidation sites excluding steroid dienone is 2. The van der Waals surface area contributed by atoms with E-state index in [1.807, 2.05) is 32.1 Å². The highest BCUT2D eigenvalue weighted by Gasteiger charge is 2.60. The van der Waals surface area contributed by atoms with Gasteiger partial charge in [-0.15, -0.1) is 0 Å². The van der Waals surface area contributed by atoms with Gasteiger partial charge in [0.15, 0.2) is 11.9 Å². The molecule has 0 amide bonds. The average molecular weight is 555 g/mol. The van der Waals surface area contributed by atoms with E-state index in [4.69, 9.17) is 30.5 Å². The van der Waals surface area contributed by atoms with Gasteiger partial charge in [0, 0.05) is 16.5 Å². The normalized spacial score (nSPS) is 36.9. The van der Waals surface area contributed by atoms with E-state index in [1.165, 1.54) is 11.6 Å². The molecule has 1 unspecified atom stereocenters. The van der Waals surface area contributed by atoms with E-state index in [0.717, 1.165) is 31.2 Å². The molecular weight excluding hydrogens is 516 g/mol. The summed E-state index contributed by atoms with van der Waals surface area (Å²) in [4.78, 5) is 25.2. The number of fused-ring (bicyclic) bond motifs is 3. The van der Waals surface area contributed by atoms with Crippen LogP contribution in [0.1, 0.15) is 65.4 Å². The summed E-state index contributed by atoms with van der Waals surface area (Å²) in [6.45, 7) is 13.9. The third-order valence-corrected chi connectivity index (χ3v) is 9.79. The van der Waals surface area contributed by atoms with Crippen molar-refractivity contribution in [2.45, 2.75) is 77.8 Å². The molecule has 0 aromatic heterocycles. The highest BCUT2D eigenvalue weighted by molar-refractivity contribution is 6.30. The minimum absolute atomic E-state index is 0.00183. The monoisotopic (exact) mass is 554 g/mol. The smallest absolute Gasteiger partial charge is 0.337 e. The van der Waals surface area contributed by atoms with Gasteiger partial charge in [0.1, 0.15) is 6.61 Å². The van der Waals surface area contributed by atoms with Crippen LogP contribution in [0.4, 0.5) is 0 Å². The molecule has 210 valence electrons. The molecule has 0 N–H and O–H groups in total. The lowest BCUT2D eigenvalue weighted by atomic mass is 9.46. The van der Waals surface area contributed by atoms with Crippen LogP contribution >= 0.6 is 11.6 Å². The molecule has 1 aromatic carbocycles. The number of esters is 2. The summed E-state index contributed by atoms with van der Waals surface area (Å²) in [5.74, 6) is -0.898. The third-order valence-electron chi connectivity index (χ3n) is 9.53. The molecule has 6 nitrogen and oxygen atoms in total. The van der Waals surface area contributed by atoms with Crippen molar-refractivity contribution in [1.29, 1.82) is 0 Å². The van der Waals surface area contributed by atoms with Crippen LogP contribution in [0, 0.1) is 22.7 Å². The van der Waals surface area contributed by atoms with Crippen LogP contribution in [-0.2, 0) is 28.5 Å². The zero-order valence-electron chi connectivity index (χ0n) is 23.3. The van der Waals surface area contributed by atoms with Crippen LogP contribution < -0.4 is 0 Å². The summed E-state index contributed by atoms with van der Waals surface area (Å²) in [6.07, 6.45) is 9.02. The Kier molecular flexibility index (Phi) is 7.60. The molecule has 0 spiro atoms. The first-order valence-electron chi connectivity index (χ1n) is 13.9. The van der Waals surface area contributed by atoms with Crippen molar-refractivity contribution in [2.24, 2.45) is 22.7 Å². The van der Waals surface area contributed by atoms with Gasteiger partial charge in [-0.05, 0) is 87.0 Å². The zero-order valence-corrected chi connectivity index (χ0v) is 24.1. The van der Waals surface area contributed by atoms with Crippen molar-refractivity contribution < 1.29 is 28.5 Å². The molecule has 4 aliphatic rings. The maximum absolute atomic E-state index is 12.6. The molecule has 5 rings (SSSR count). The van der Waals surface area contributed by atoms with Crippen LogP contribution in [0.25, 0.3) is 6.08 Å². The molecule has 7 heteroatoms. The number of ether oxygens (including phenoxy) is 4. The van der Waals surface area contributed by atoms with Gasteiger partial charge in [0.25, 0.3) is 0 Å². The maximum Gasteiger partial charge on any atom is 0.337 e. The molecule has 0 bridgehead atoms. The van der Waals surface area contributed by atoms with Gasteiger partial charge in [-0.3, -0.25) is 0 Å². The molecule has 0 radical (unpaired) electrons. The number of carbonyl (C=O) groups is 2. The number of hydrogen-bond acceptors (Lipinski definition) is 6. The number of cyclic esters (lactones) is 1. The van der Waals surface area contributed by atoms with Gasteiger partial charge >= 0.3 is 11.9 Å². The Labute approximate surface area is 236 Å². The van der Waals surface area contributed by atoms with Crippen molar-refractivity contribution >= 4 is 29.6 Å². The van der Waals surface area contributed by atoms with E-state index in [0.29, 0.717) is 29.5 Å². The second-order valence-corrected chi connectivity index (χ2v) is 12.9. The Morgan fingerprint density at radius 3 is 2.64 bits per heavy atom. The van der Waals surface area contributed by atoms with E-state index in [-0.39, 0.29) is 29.5 Å². The van der Waals surface area contributed by atoms with E-state index < -0.39 is 23.8 Å². The molecule has 2 aliphatic carbocycles.